The van der Waals surface area contributed by atoms with E-state index in [-0.39, 0.29) is 5.69 Å². The van der Waals surface area contributed by atoms with Crippen molar-refractivity contribution in [1.82, 2.24) is 9.88 Å². The highest BCUT2D eigenvalue weighted by Crippen LogP contribution is 2.18. The Morgan fingerprint density at radius 1 is 1.53 bits per heavy atom. The highest BCUT2D eigenvalue weighted by Gasteiger charge is 2.18. The van der Waals surface area contributed by atoms with Crippen LogP contribution in [0.3, 0.4) is 0 Å². The zero-order valence-corrected chi connectivity index (χ0v) is 11.2. The van der Waals surface area contributed by atoms with Crippen molar-refractivity contribution in [3.8, 4) is 5.75 Å². The molecule has 104 valence electrons. The first-order chi connectivity index (χ1) is 9.16. The van der Waals surface area contributed by atoms with Gasteiger partial charge >= 0.3 is 5.97 Å². The number of likely N-dealkylation sites (tertiary alicyclic amines) is 1. The van der Waals surface area contributed by atoms with Gasteiger partial charge in [0.2, 0.25) is 0 Å². The number of carbonyl (C=O) groups is 1. The summed E-state index contributed by atoms with van der Waals surface area (Å²) < 4.78 is 5.61. The summed E-state index contributed by atoms with van der Waals surface area (Å²) in [6.45, 7) is 1.81. The second-order valence-electron chi connectivity index (χ2n) is 4.95. The van der Waals surface area contributed by atoms with Crippen LogP contribution in [0.5, 0.6) is 5.75 Å². The Hall–Kier alpha value is -1.62. The second-order valence-corrected chi connectivity index (χ2v) is 4.95. The molecule has 19 heavy (non-hydrogen) atoms. The Kier molecular flexibility index (Phi) is 4.74. The van der Waals surface area contributed by atoms with Crippen LogP contribution in [0.15, 0.2) is 18.3 Å². The first kappa shape index (κ1) is 13.8. The molecule has 0 radical (unpaired) electrons. The number of hydrogen-bond donors (Lipinski definition) is 1. The molecule has 1 saturated heterocycles. The molecule has 1 atom stereocenters. The molecule has 5 nitrogen and oxygen atoms in total. The lowest BCUT2D eigenvalue weighted by Gasteiger charge is -2.32. The zero-order chi connectivity index (χ0) is 13.7. The minimum absolute atomic E-state index is 0.0411. The van der Waals surface area contributed by atoms with Crippen LogP contribution in [-0.2, 0) is 0 Å². The molecule has 1 aliphatic rings. The van der Waals surface area contributed by atoms with Crippen LogP contribution in [0.4, 0.5) is 0 Å². The van der Waals surface area contributed by atoms with Gasteiger partial charge in [-0.05, 0) is 45.0 Å². The summed E-state index contributed by atoms with van der Waals surface area (Å²) in [5.74, 6) is -0.390. The fourth-order valence-corrected chi connectivity index (χ4v) is 2.41. The predicted molar refractivity (Wildman–Crippen MR) is 71.6 cm³/mol. The lowest BCUT2D eigenvalue weighted by atomic mass is 10.0. The number of aromatic carboxylic acids is 1. The molecule has 0 spiro atoms. The first-order valence-electron chi connectivity index (χ1n) is 6.69. The van der Waals surface area contributed by atoms with E-state index in [1.807, 2.05) is 0 Å². The minimum Gasteiger partial charge on any atom is -0.492 e. The molecule has 1 unspecified atom stereocenters. The van der Waals surface area contributed by atoms with Crippen LogP contribution in [0.2, 0.25) is 0 Å². The molecule has 1 N–H and O–H groups in total. The van der Waals surface area contributed by atoms with E-state index in [4.69, 9.17) is 9.84 Å². The molecule has 1 aromatic heterocycles. The summed E-state index contributed by atoms with van der Waals surface area (Å²) in [5, 5.41) is 8.74. The fourth-order valence-electron chi connectivity index (χ4n) is 2.41. The number of rotatable bonds is 5. The number of nitrogens with zero attached hydrogens (tertiary/aromatic N) is 2. The van der Waals surface area contributed by atoms with E-state index < -0.39 is 5.97 Å². The molecule has 1 aliphatic heterocycles. The Bertz CT molecular complexity index is 419. The van der Waals surface area contributed by atoms with E-state index in [2.05, 4.69) is 16.9 Å². The van der Waals surface area contributed by atoms with Crippen molar-refractivity contribution in [3.05, 3.63) is 24.0 Å². The SMILES string of the molecule is CN1CCCCC1CCOc1ccc(C(=O)O)nc1. The van der Waals surface area contributed by atoms with Crippen LogP contribution in [0, 0.1) is 0 Å². The molecule has 1 fully saturated rings. The summed E-state index contributed by atoms with van der Waals surface area (Å²) in [6, 6.07) is 3.71. The van der Waals surface area contributed by atoms with E-state index in [1.165, 1.54) is 38.1 Å². The summed E-state index contributed by atoms with van der Waals surface area (Å²) in [6.07, 6.45) is 6.28. The Morgan fingerprint density at radius 3 is 3.00 bits per heavy atom. The molecule has 0 amide bonds. The first-order valence-corrected chi connectivity index (χ1v) is 6.69. The molecule has 0 saturated carbocycles. The number of hydrogen-bond acceptors (Lipinski definition) is 4. The average Bonchev–Trinajstić information content (AvgIpc) is 2.41. The summed E-state index contributed by atoms with van der Waals surface area (Å²) in [7, 11) is 2.16. The third kappa shape index (κ3) is 3.92. The molecular weight excluding hydrogens is 244 g/mol. The van der Waals surface area contributed by atoms with Gasteiger partial charge in [-0.15, -0.1) is 0 Å². The predicted octanol–water partition coefficient (Wildman–Crippen LogP) is 2.03. The topological polar surface area (TPSA) is 62.7 Å². The zero-order valence-electron chi connectivity index (χ0n) is 11.2. The van der Waals surface area contributed by atoms with Gasteiger partial charge in [0.1, 0.15) is 11.4 Å². The third-order valence-electron chi connectivity index (χ3n) is 3.60. The molecule has 2 rings (SSSR count). The fraction of sp³-hybridized carbons (Fsp3) is 0.571. The van der Waals surface area contributed by atoms with Crippen LogP contribution in [0.1, 0.15) is 36.2 Å². The maximum atomic E-state index is 10.7. The van der Waals surface area contributed by atoms with Crippen molar-refractivity contribution < 1.29 is 14.6 Å². The third-order valence-corrected chi connectivity index (χ3v) is 3.60. The lowest BCUT2D eigenvalue weighted by Crippen LogP contribution is -2.37. The Labute approximate surface area is 113 Å². The van der Waals surface area contributed by atoms with Crippen molar-refractivity contribution >= 4 is 5.97 Å². The standard InChI is InChI=1S/C14H20N2O3/c1-16-8-3-2-4-11(16)7-9-19-12-5-6-13(14(17)18)15-10-12/h5-6,10-11H,2-4,7-9H2,1H3,(H,17,18). The van der Waals surface area contributed by atoms with Gasteiger partial charge in [0.15, 0.2) is 0 Å². The number of carboxylic acids is 1. The molecule has 1 aromatic rings. The van der Waals surface area contributed by atoms with E-state index in [9.17, 15) is 4.79 Å². The maximum Gasteiger partial charge on any atom is 0.354 e. The average molecular weight is 264 g/mol. The normalized spacial score (nSPS) is 20.2. The molecule has 0 aliphatic carbocycles. The van der Waals surface area contributed by atoms with Gasteiger partial charge in [0.05, 0.1) is 12.8 Å². The highest BCUT2D eigenvalue weighted by molar-refractivity contribution is 5.85. The number of aromatic nitrogens is 1. The van der Waals surface area contributed by atoms with Crippen molar-refractivity contribution in [2.75, 3.05) is 20.2 Å². The summed E-state index contributed by atoms with van der Waals surface area (Å²) in [4.78, 5) is 16.9. The Balaban J connectivity index is 1.77. The van der Waals surface area contributed by atoms with Crippen LogP contribution < -0.4 is 4.74 Å². The monoisotopic (exact) mass is 264 g/mol. The highest BCUT2D eigenvalue weighted by atomic mass is 16.5. The van der Waals surface area contributed by atoms with Crippen molar-refractivity contribution in [1.29, 1.82) is 0 Å². The number of pyridine rings is 1. The van der Waals surface area contributed by atoms with Crippen LogP contribution in [-0.4, -0.2) is 47.2 Å². The minimum atomic E-state index is -1.02. The molecular formula is C14H20N2O3. The van der Waals surface area contributed by atoms with Gasteiger partial charge in [0, 0.05) is 6.04 Å². The maximum absolute atomic E-state index is 10.7. The number of piperidine rings is 1. The van der Waals surface area contributed by atoms with E-state index in [0.717, 1.165) is 6.42 Å². The number of carboxylic acid groups (broad SMARTS) is 1. The van der Waals surface area contributed by atoms with E-state index in [1.54, 1.807) is 6.07 Å². The van der Waals surface area contributed by atoms with Crippen LogP contribution in [0.25, 0.3) is 0 Å². The summed E-state index contributed by atoms with van der Waals surface area (Å²) >= 11 is 0. The van der Waals surface area contributed by atoms with Gasteiger partial charge in [-0.3, -0.25) is 0 Å². The Morgan fingerprint density at radius 2 is 2.37 bits per heavy atom. The molecule has 5 heteroatoms. The lowest BCUT2D eigenvalue weighted by molar-refractivity contribution is 0.0690. The summed E-state index contributed by atoms with van der Waals surface area (Å²) in [5.41, 5.74) is 0.0411. The molecule has 0 bridgehead atoms. The van der Waals surface area contributed by atoms with E-state index >= 15 is 0 Å². The smallest absolute Gasteiger partial charge is 0.354 e. The van der Waals surface area contributed by atoms with Gasteiger partial charge in [-0.1, -0.05) is 6.42 Å². The van der Waals surface area contributed by atoms with E-state index in [0.29, 0.717) is 18.4 Å². The van der Waals surface area contributed by atoms with Crippen LogP contribution >= 0.6 is 0 Å². The largest absolute Gasteiger partial charge is 0.492 e. The van der Waals surface area contributed by atoms with Gasteiger partial charge < -0.3 is 14.7 Å². The van der Waals surface area contributed by atoms with Crippen molar-refractivity contribution in [3.63, 3.8) is 0 Å². The molecule has 2 heterocycles. The van der Waals surface area contributed by atoms with Crippen molar-refractivity contribution in [2.45, 2.75) is 31.7 Å². The van der Waals surface area contributed by atoms with Gasteiger partial charge in [-0.2, -0.15) is 0 Å². The number of ether oxygens (including phenoxy) is 1. The quantitative estimate of drug-likeness (QED) is 0.881. The van der Waals surface area contributed by atoms with Gasteiger partial charge in [-0.25, -0.2) is 9.78 Å². The second kappa shape index (κ2) is 6.52. The molecule has 0 aromatic carbocycles. The van der Waals surface area contributed by atoms with Gasteiger partial charge in [0.25, 0.3) is 0 Å². The van der Waals surface area contributed by atoms with Crippen molar-refractivity contribution in [2.24, 2.45) is 0 Å².